The number of allylic oxidation sites excluding steroid dienone is 8. The van der Waals surface area contributed by atoms with Gasteiger partial charge in [0.05, 0.1) is 0 Å². The molecule has 172 valence electrons. The van der Waals surface area contributed by atoms with Crippen LogP contribution < -0.4 is 24.8 Å². The first-order chi connectivity index (χ1) is 14.5. The fraction of sp³-hybridized carbons (Fsp3) is 0.259. The molecule has 0 N–H and O–H groups in total. The summed E-state index contributed by atoms with van der Waals surface area (Å²) in [6, 6.07) is 16.4. The Bertz CT molecular complexity index is 893. The molecule has 1 saturated heterocycles. The van der Waals surface area contributed by atoms with Crippen LogP contribution in [0.15, 0.2) is 71.8 Å². The average molecular weight is 581 g/mol. The number of benzene rings is 2. The van der Waals surface area contributed by atoms with Crippen molar-refractivity contribution < 1.29 is 59.8 Å². The standard InChI is InChI=1S/2C12H10F.C3H8Si.2ClH.Zr/c2*1-9-3-2-4-12(9)10-5-7-11(13)8-6-10;1-2-4-3-1;;;/h2*4-8H,2H2,1H3;1-4H2;2*1H;/q2*-1;;;;+4/p-2. The first kappa shape index (κ1) is 31.9. The van der Waals surface area contributed by atoms with Gasteiger partial charge in [-0.15, -0.1) is 24.0 Å². The van der Waals surface area contributed by atoms with Crippen LogP contribution in [0.5, 0.6) is 0 Å². The topological polar surface area (TPSA) is 0 Å². The monoisotopic (exact) mass is 578 g/mol. The number of rotatable bonds is 2. The van der Waals surface area contributed by atoms with Crippen molar-refractivity contribution in [1.82, 2.24) is 0 Å². The minimum Gasteiger partial charge on any atom is -1.00 e. The van der Waals surface area contributed by atoms with Gasteiger partial charge in [-0.2, -0.15) is 23.3 Å². The van der Waals surface area contributed by atoms with Crippen molar-refractivity contribution in [1.29, 1.82) is 0 Å². The molecule has 1 fully saturated rings. The van der Waals surface area contributed by atoms with E-state index in [1.165, 1.54) is 35.4 Å². The molecule has 1 aliphatic heterocycles. The zero-order valence-corrected chi connectivity index (χ0v) is 24.4. The number of hydrogen-bond acceptors (Lipinski definition) is 0. The summed E-state index contributed by atoms with van der Waals surface area (Å²) < 4.78 is 25.3. The van der Waals surface area contributed by atoms with E-state index in [-0.39, 0.29) is 62.7 Å². The molecule has 1 heterocycles. The maximum atomic E-state index is 12.6. The van der Waals surface area contributed by atoms with Gasteiger partial charge in [-0.3, -0.25) is 12.2 Å². The molecule has 0 radical (unpaired) electrons. The Morgan fingerprint density at radius 2 is 0.970 bits per heavy atom. The molecular weight excluding hydrogens is 553 g/mol. The molecule has 0 amide bonds. The summed E-state index contributed by atoms with van der Waals surface area (Å²) in [5, 5.41) is 0. The van der Waals surface area contributed by atoms with Gasteiger partial charge in [0.2, 0.25) is 0 Å². The smallest absolute Gasteiger partial charge is 1.00 e. The van der Waals surface area contributed by atoms with Crippen molar-refractivity contribution >= 4 is 20.7 Å². The van der Waals surface area contributed by atoms with Gasteiger partial charge in [0, 0.05) is 9.52 Å². The molecule has 0 aromatic heterocycles. The van der Waals surface area contributed by atoms with Crippen LogP contribution in [0.1, 0.15) is 44.2 Å². The molecule has 0 bridgehead atoms. The van der Waals surface area contributed by atoms with Gasteiger partial charge in [-0.05, 0) is 24.3 Å². The van der Waals surface area contributed by atoms with Crippen molar-refractivity contribution in [3.05, 3.63) is 107 Å². The molecule has 2 aliphatic carbocycles. The molecule has 0 unspecified atom stereocenters. The molecular formula is C27H28Cl2F2SiZr. The van der Waals surface area contributed by atoms with Crippen LogP contribution in [0.25, 0.3) is 11.1 Å². The van der Waals surface area contributed by atoms with Crippen LogP contribution in [-0.4, -0.2) is 9.52 Å². The molecule has 2 aromatic rings. The van der Waals surface area contributed by atoms with Crippen molar-refractivity contribution in [2.75, 3.05) is 0 Å². The Balaban J connectivity index is 0.000000492. The van der Waals surface area contributed by atoms with E-state index in [9.17, 15) is 8.78 Å². The summed E-state index contributed by atoms with van der Waals surface area (Å²) >= 11 is 0. The van der Waals surface area contributed by atoms with Crippen molar-refractivity contribution in [2.45, 2.75) is 45.2 Å². The Kier molecular flexibility index (Phi) is 16.0. The quantitative estimate of drug-likeness (QED) is 0.369. The van der Waals surface area contributed by atoms with Crippen molar-refractivity contribution in [2.24, 2.45) is 0 Å². The van der Waals surface area contributed by atoms with E-state index in [2.05, 4.69) is 24.3 Å². The van der Waals surface area contributed by atoms with E-state index in [0.29, 0.717) is 9.52 Å². The third-order valence-electron chi connectivity index (χ3n) is 5.47. The van der Waals surface area contributed by atoms with E-state index in [1.54, 1.807) is 42.8 Å². The summed E-state index contributed by atoms with van der Waals surface area (Å²) in [5.41, 5.74) is 6.83. The third kappa shape index (κ3) is 9.99. The van der Waals surface area contributed by atoms with E-state index in [4.69, 9.17) is 0 Å². The molecule has 0 spiro atoms. The molecule has 3 aliphatic rings. The molecule has 33 heavy (non-hydrogen) atoms. The van der Waals surface area contributed by atoms with Gasteiger partial charge in [0.15, 0.2) is 0 Å². The van der Waals surface area contributed by atoms with Gasteiger partial charge < -0.3 is 24.8 Å². The second-order valence-corrected chi connectivity index (χ2v) is 9.80. The fourth-order valence-electron chi connectivity index (χ4n) is 3.29. The summed E-state index contributed by atoms with van der Waals surface area (Å²) in [6.45, 7) is 4.06. The molecule has 5 rings (SSSR count). The molecule has 0 saturated carbocycles. The van der Waals surface area contributed by atoms with Gasteiger partial charge >= 0.3 is 26.2 Å². The Morgan fingerprint density at radius 3 is 1.18 bits per heavy atom. The SMILES string of the molecule is C1C[SiH2]C1.CC1=[C-]CC=C1c1ccc(F)cc1.CC1=[C-]CC=C1c1ccc(F)cc1.[Cl-].[Cl-].[Zr+4]. The van der Waals surface area contributed by atoms with E-state index in [1.807, 2.05) is 13.8 Å². The average Bonchev–Trinajstić information content (AvgIpc) is 3.31. The summed E-state index contributed by atoms with van der Waals surface area (Å²) in [6.07, 6.45) is 14.0. The van der Waals surface area contributed by atoms with Gasteiger partial charge in [0.25, 0.3) is 0 Å². The second kappa shape index (κ2) is 16.5. The van der Waals surface area contributed by atoms with Crippen molar-refractivity contribution in [3.8, 4) is 0 Å². The predicted molar refractivity (Wildman–Crippen MR) is 126 cm³/mol. The minimum absolute atomic E-state index is 0. The second-order valence-electron chi connectivity index (χ2n) is 7.68. The Labute approximate surface area is 231 Å². The molecule has 0 nitrogen and oxygen atoms in total. The summed E-state index contributed by atoms with van der Waals surface area (Å²) in [4.78, 5) is 0. The van der Waals surface area contributed by atoms with Crippen LogP contribution in [0, 0.1) is 23.8 Å². The third-order valence-corrected chi connectivity index (χ3v) is 7.47. The normalized spacial score (nSPS) is 15.2. The maximum Gasteiger partial charge on any atom is 4.00 e. The maximum absolute atomic E-state index is 12.6. The van der Waals surface area contributed by atoms with Gasteiger partial charge in [0.1, 0.15) is 11.6 Å². The summed E-state index contributed by atoms with van der Waals surface area (Å²) in [7, 11) is 0.605. The van der Waals surface area contributed by atoms with Gasteiger partial charge in [-0.25, -0.2) is 19.9 Å². The first-order valence-electron chi connectivity index (χ1n) is 10.6. The van der Waals surface area contributed by atoms with E-state index < -0.39 is 0 Å². The van der Waals surface area contributed by atoms with Crippen LogP contribution in [0.3, 0.4) is 0 Å². The predicted octanol–water partition coefficient (Wildman–Crippen LogP) is 1.13. The zero-order chi connectivity index (χ0) is 21.3. The Morgan fingerprint density at radius 1 is 0.667 bits per heavy atom. The molecule has 6 heteroatoms. The van der Waals surface area contributed by atoms with Crippen LogP contribution in [-0.2, 0) is 26.2 Å². The van der Waals surface area contributed by atoms with Crippen LogP contribution >= 0.6 is 0 Å². The number of halogens is 4. The largest absolute Gasteiger partial charge is 4.00 e. The fourth-order valence-corrected chi connectivity index (χ4v) is 3.79. The van der Waals surface area contributed by atoms with Gasteiger partial charge in [-0.1, -0.05) is 56.6 Å². The molecule has 0 atom stereocenters. The molecule has 2 aromatic carbocycles. The van der Waals surface area contributed by atoms with E-state index in [0.717, 1.165) is 35.1 Å². The first-order valence-corrected chi connectivity index (χ1v) is 12.6. The minimum atomic E-state index is -0.187. The van der Waals surface area contributed by atoms with Crippen molar-refractivity contribution in [3.63, 3.8) is 0 Å². The van der Waals surface area contributed by atoms with Crippen LogP contribution in [0.2, 0.25) is 12.1 Å². The number of hydrogen-bond donors (Lipinski definition) is 0. The van der Waals surface area contributed by atoms with Crippen LogP contribution in [0.4, 0.5) is 8.78 Å². The Hall–Kier alpha value is -1.06. The summed E-state index contributed by atoms with van der Waals surface area (Å²) in [5.74, 6) is -0.374. The van der Waals surface area contributed by atoms with E-state index >= 15 is 0 Å². The zero-order valence-electron chi connectivity index (χ0n) is 19.0.